The van der Waals surface area contributed by atoms with Crippen LogP contribution in [-0.4, -0.2) is 11.7 Å². The molecule has 0 rings (SSSR count). The molecule has 0 aromatic heterocycles. The van der Waals surface area contributed by atoms with Gasteiger partial charge in [0.25, 0.3) is 0 Å². The first-order chi connectivity index (χ1) is 4.20. The first-order valence-corrected chi connectivity index (χ1v) is 3.46. The molecule has 0 fully saturated rings. The molecule has 0 amide bonds. The molecule has 9 heavy (non-hydrogen) atoms. The van der Waals surface area contributed by atoms with Gasteiger partial charge in [-0.2, -0.15) is 0 Å². The summed E-state index contributed by atoms with van der Waals surface area (Å²) in [5.41, 5.74) is 1.16. The van der Waals surface area contributed by atoms with Crippen molar-refractivity contribution in [2.45, 2.75) is 26.7 Å². The zero-order valence-electron chi connectivity index (χ0n) is 6.35. The summed E-state index contributed by atoms with van der Waals surface area (Å²) in [5.74, 6) is 0.433. The van der Waals surface area contributed by atoms with E-state index in [9.17, 15) is 0 Å². The molecule has 0 aliphatic heterocycles. The molecule has 0 saturated carbocycles. The van der Waals surface area contributed by atoms with E-state index in [4.69, 9.17) is 5.11 Å². The zero-order valence-corrected chi connectivity index (χ0v) is 6.35. The SMILES string of the molecule is C=C(C)C[C@@H](CC)CO. The quantitative estimate of drug-likeness (QED) is 0.574. The average Bonchev–Trinajstić information content (AvgIpc) is 1.82. The molecular weight excluding hydrogens is 112 g/mol. The molecule has 1 atom stereocenters. The third-order valence-electron chi connectivity index (χ3n) is 1.47. The van der Waals surface area contributed by atoms with Crippen molar-refractivity contribution in [2.24, 2.45) is 5.92 Å². The van der Waals surface area contributed by atoms with E-state index in [2.05, 4.69) is 13.5 Å². The van der Waals surface area contributed by atoms with Gasteiger partial charge in [0.1, 0.15) is 0 Å². The zero-order chi connectivity index (χ0) is 7.28. The fourth-order valence-corrected chi connectivity index (χ4v) is 0.831. The van der Waals surface area contributed by atoms with Crippen molar-refractivity contribution in [1.29, 1.82) is 0 Å². The minimum atomic E-state index is 0.295. The van der Waals surface area contributed by atoms with E-state index < -0.39 is 0 Å². The predicted octanol–water partition coefficient (Wildman–Crippen LogP) is 1.97. The van der Waals surface area contributed by atoms with Crippen LogP contribution in [0.3, 0.4) is 0 Å². The topological polar surface area (TPSA) is 20.2 Å². The van der Waals surface area contributed by atoms with Gasteiger partial charge in [-0.1, -0.05) is 18.9 Å². The van der Waals surface area contributed by atoms with Gasteiger partial charge in [-0.3, -0.25) is 0 Å². The molecule has 0 aliphatic rings. The number of hydrogen-bond donors (Lipinski definition) is 1. The molecule has 0 radical (unpaired) electrons. The first kappa shape index (κ1) is 8.70. The van der Waals surface area contributed by atoms with Gasteiger partial charge >= 0.3 is 0 Å². The second kappa shape index (κ2) is 4.57. The Bertz CT molecular complexity index is 82.6. The van der Waals surface area contributed by atoms with Crippen molar-refractivity contribution in [3.05, 3.63) is 12.2 Å². The highest BCUT2D eigenvalue weighted by molar-refractivity contribution is 4.89. The maximum atomic E-state index is 8.73. The molecule has 0 unspecified atom stereocenters. The Balaban J connectivity index is 3.43. The van der Waals surface area contributed by atoms with E-state index in [0.717, 1.165) is 18.4 Å². The second-order valence-corrected chi connectivity index (χ2v) is 2.62. The molecule has 0 saturated heterocycles. The second-order valence-electron chi connectivity index (χ2n) is 2.62. The van der Waals surface area contributed by atoms with Crippen LogP contribution >= 0.6 is 0 Å². The van der Waals surface area contributed by atoms with Gasteiger partial charge in [0, 0.05) is 6.61 Å². The summed E-state index contributed by atoms with van der Waals surface area (Å²) in [4.78, 5) is 0. The van der Waals surface area contributed by atoms with Crippen molar-refractivity contribution < 1.29 is 5.11 Å². The highest BCUT2D eigenvalue weighted by atomic mass is 16.3. The van der Waals surface area contributed by atoms with Gasteiger partial charge in [0.2, 0.25) is 0 Å². The van der Waals surface area contributed by atoms with Gasteiger partial charge in [0.05, 0.1) is 0 Å². The van der Waals surface area contributed by atoms with E-state index in [-0.39, 0.29) is 0 Å². The summed E-state index contributed by atoms with van der Waals surface area (Å²) in [7, 11) is 0. The maximum absolute atomic E-state index is 8.73. The molecule has 0 aromatic rings. The Kier molecular flexibility index (Phi) is 4.41. The first-order valence-electron chi connectivity index (χ1n) is 3.46. The van der Waals surface area contributed by atoms with E-state index in [1.165, 1.54) is 0 Å². The molecule has 1 N–H and O–H groups in total. The van der Waals surface area contributed by atoms with Crippen molar-refractivity contribution in [1.82, 2.24) is 0 Å². The van der Waals surface area contributed by atoms with Crippen molar-refractivity contribution >= 4 is 0 Å². The Morgan fingerprint density at radius 3 is 2.33 bits per heavy atom. The predicted molar refractivity (Wildman–Crippen MR) is 40.3 cm³/mol. The number of rotatable bonds is 4. The molecule has 54 valence electrons. The highest BCUT2D eigenvalue weighted by Gasteiger charge is 2.02. The lowest BCUT2D eigenvalue weighted by Crippen LogP contribution is -2.03. The number of hydrogen-bond acceptors (Lipinski definition) is 1. The summed E-state index contributed by atoms with van der Waals surface area (Å²) >= 11 is 0. The highest BCUT2D eigenvalue weighted by Crippen LogP contribution is 2.11. The maximum Gasteiger partial charge on any atom is 0.0462 e. The molecule has 0 spiro atoms. The minimum Gasteiger partial charge on any atom is -0.396 e. The van der Waals surface area contributed by atoms with Gasteiger partial charge in [-0.05, 0) is 19.3 Å². The molecule has 1 nitrogen and oxygen atoms in total. The lowest BCUT2D eigenvalue weighted by atomic mass is 10.00. The van der Waals surface area contributed by atoms with Crippen LogP contribution in [0.5, 0.6) is 0 Å². The van der Waals surface area contributed by atoms with Gasteiger partial charge in [0.15, 0.2) is 0 Å². The third kappa shape index (κ3) is 4.22. The average molecular weight is 128 g/mol. The van der Waals surface area contributed by atoms with Crippen LogP contribution in [0.2, 0.25) is 0 Å². The van der Waals surface area contributed by atoms with Crippen LogP contribution in [0, 0.1) is 5.92 Å². The van der Waals surface area contributed by atoms with Crippen molar-refractivity contribution in [3.8, 4) is 0 Å². The van der Waals surface area contributed by atoms with Crippen LogP contribution in [-0.2, 0) is 0 Å². The van der Waals surface area contributed by atoms with Gasteiger partial charge in [-0.15, -0.1) is 6.58 Å². The summed E-state index contributed by atoms with van der Waals surface area (Å²) in [6, 6.07) is 0. The van der Waals surface area contributed by atoms with Crippen LogP contribution in [0.25, 0.3) is 0 Å². The van der Waals surface area contributed by atoms with E-state index in [0.29, 0.717) is 12.5 Å². The van der Waals surface area contributed by atoms with E-state index in [1.54, 1.807) is 0 Å². The molecule has 0 heterocycles. The normalized spacial score (nSPS) is 13.2. The Hall–Kier alpha value is -0.300. The van der Waals surface area contributed by atoms with Crippen LogP contribution in [0.1, 0.15) is 26.7 Å². The minimum absolute atomic E-state index is 0.295. The van der Waals surface area contributed by atoms with Crippen LogP contribution in [0.4, 0.5) is 0 Å². The van der Waals surface area contributed by atoms with E-state index >= 15 is 0 Å². The van der Waals surface area contributed by atoms with Crippen LogP contribution in [0.15, 0.2) is 12.2 Å². The molecule has 0 aliphatic carbocycles. The lowest BCUT2D eigenvalue weighted by Gasteiger charge is -2.09. The number of aliphatic hydroxyl groups excluding tert-OH is 1. The number of aliphatic hydroxyl groups is 1. The molecular formula is C8H16O. The van der Waals surface area contributed by atoms with Gasteiger partial charge < -0.3 is 5.11 Å². The standard InChI is InChI=1S/C8H16O/c1-4-8(6-9)5-7(2)3/h8-9H,2,4-6H2,1,3H3/t8-/m1/s1. The number of allylic oxidation sites excluding steroid dienone is 1. The summed E-state index contributed by atoms with van der Waals surface area (Å²) < 4.78 is 0. The smallest absolute Gasteiger partial charge is 0.0462 e. The van der Waals surface area contributed by atoms with Crippen LogP contribution < -0.4 is 0 Å². The monoisotopic (exact) mass is 128 g/mol. The molecule has 0 aromatic carbocycles. The largest absolute Gasteiger partial charge is 0.396 e. The fraction of sp³-hybridized carbons (Fsp3) is 0.750. The Labute approximate surface area is 57.4 Å². The Morgan fingerprint density at radius 1 is 1.67 bits per heavy atom. The fourth-order valence-electron chi connectivity index (χ4n) is 0.831. The summed E-state index contributed by atoms with van der Waals surface area (Å²) in [6.07, 6.45) is 2.01. The lowest BCUT2D eigenvalue weighted by molar-refractivity contribution is 0.222. The van der Waals surface area contributed by atoms with Crippen molar-refractivity contribution in [3.63, 3.8) is 0 Å². The Morgan fingerprint density at radius 2 is 2.22 bits per heavy atom. The summed E-state index contributed by atoms with van der Waals surface area (Å²) in [6.45, 7) is 8.16. The third-order valence-corrected chi connectivity index (χ3v) is 1.47. The van der Waals surface area contributed by atoms with E-state index in [1.807, 2.05) is 6.92 Å². The van der Waals surface area contributed by atoms with Crippen molar-refractivity contribution in [2.75, 3.05) is 6.61 Å². The molecule has 0 bridgehead atoms. The molecule has 1 heteroatoms. The van der Waals surface area contributed by atoms with Gasteiger partial charge in [-0.25, -0.2) is 0 Å². The summed E-state index contributed by atoms with van der Waals surface area (Å²) in [5, 5.41) is 8.73.